The lowest BCUT2D eigenvalue weighted by atomic mass is 10.1. The number of hydrogen-bond donors (Lipinski definition) is 2. The van der Waals surface area contributed by atoms with Crippen molar-refractivity contribution < 1.29 is 9.59 Å². The van der Waals surface area contributed by atoms with E-state index < -0.39 is 0 Å². The Morgan fingerprint density at radius 1 is 1.14 bits per heavy atom. The number of anilines is 1. The zero-order valence-corrected chi connectivity index (χ0v) is 12.8. The van der Waals surface area contributed by atoms with Gasteiger partial charge in [0.1, 0.15) is 0 Å². The number of rotatable bonds is 4. The molecule has 0 radical (unpaired) electrons. The van der Waals surface area contributed by atoms with Gasteiger partial charge >= 0.3 is 0 Å². The molecule has 4 nitrogen and oxygen atoms in total. The highest BCUT2D eigenvalue weighted by Gasteiger charge is 2.15. The highest BCUT2D eigenvalue weighted by molar-refractivity contribution is 8.00. The Morgan fingerprint density at radius 2 is 1.95 bits per heavy atom. The van der Waals surface area contributed by atoms with E-state index in [1.807, 2.05) is 48.5 Å². The summed E-state index contributed by atoms with van der Waals surface area (Å²) in [4.78, 5) is 24.4. The second kappa shape index (κ2) is 6.66. The molecule has 112 valence electrons. The van der Waals surface area contributed by atoms with Gasteiger partial charge in [0, 0.05) is 11.4 Å². The first-order valence-electron chi connectivity index (χ1n) is 7.07. The Bertz CT molecular complexity index is 701. The molecule has 0 saturated carbocycles. The van der Waals surface area contributed by atoms with Gasteiger partial charge in [-0.2, -0.15) is 0 Å². The molecule has 0 spiro atoms. The van der Waals surface area contributed by atoms with E-state index in [0.29, 0.717) is 18.7 Å². The van der Waals surface area contributed by atoms with Crippen molar-refractivity contribution in [2.45, 2.75) is 17.9 Å². The summed E-state index contributed by atoms with van der Waals surface area (Å²) in [6.07, 6.45) is 0.373. The van der Waals surface area contributed by atoms with Crippen LogP contribution in [0.2, 0.25) is 0 Å². The molecule has 1 heterocycles. The number of nitrogens with one attached hydrogen (secondary N) is 2. The molecule has 3 rings (SSSR count). The maximum atomic E-state index is 11.9. The van der Waals surface area contributed by atoms with Gasteiger partial charge in [-0.25, -0.2) is 0 Å². The minimum Gasteiger partial charge on any atom is -0.352 e. The van der Waals surface area contributed by atoms with Crippen molar-refractivity contribution in [3.8, 4) is 0 Å². The van der Waals surface area contributed by atoms with Crippen molar-refractivity contribution in [2.24, 2.45) is 0 Å². The van der Waals surface area contributed by atoms with Crippen LogP contribution in [0.15, 0.2) is 53.4 Å². The molecular weight excluding hydrogens is 296 g/mol. The van der Waals surface area contributed by atoms with Gasteiger partial charge in [0.05, 0.1) is 17.9 Å². The highest BCUT2D eigenvalue weighted by atomic mass is 32.2. The van der Waals surface area contributed by atoms with Gasteiger partial charge in [-0.15, -0.1) is 11.8 Å². The maximum Gasteiger partial charge on any atom is 0.234 e. The molecule has 0 aliphatic carbocycles. The van der Waals surface area contributed by atoms with Gasteiger partial charge in [-0.1, -0.05) is 36.4 Å². The third-order valence-electron chi connectivity index (χ3n) is 3.37. The number of amides is 2. The number of carbonyl (C=O) groups is 2. The predicted octanol–water partition coefficient (Wildman–Crippen LogP) is 2.59. The number of fused-ring (bicyclic) bond motifs is 1. The summed E-state index contributed by atoms with van der Waals surface area (Å²) < 4.78 is 0. The first-order chi connectivity index (χ1) is 10.7. The highest BCUT2D eigenvalue weighted by Crippen LogP contribution is 2.31. The zero-order chi connectivity index (χ0) is 15.4. The average molecular weight is 312 g/mol. The Balaban J connectivity index is 1.58. The van der Waals surface area contributed by atoms with Crippen LogP contribution in [0.25, 0.3) is 0 Å². The average Bonchev–Trinajstić information content (AvgIpc) is 2.53. The standard InChI is InChI=1S/C17H16N2O2S/c20-16(9-12-4-2-1-3-5-12)18-10-13-6-7-15-14(8-13)19-17(21)11-22-15/h1-8H,9-11H2,(H,18,20)(H,19,21). The van der Waals surface area contributed by atoms with Crippen LogP contribution < -0.4 is 10.6 Å². The Morgan fingerprint density at radius 3 is 2.77 bits per heavy atom. The van der Waals surface area contributed by atoms with Crippen LogP contribution in [0.4, 0.5) is 5.69 Å². The van der Waals surface area contributed by atoms with Crippen LogP contribution in [0.3, 0.4) is 0 Å². The largest absolute Gasteiger partial charge is 0.352 e. The minimum atomic E-state index is -0.0117. The van der Waals surface area contributed by atoms with Crippen molar-refractivity contribution in [3.05, 3.63) is 59.7 Å². The molecule has 0 atom stereocenters. The molecule has 2 aromatic carbocycles. The van der Waals surface area contributed by atoms with Crippen LogP contribution in [0, 0.1) is 0 Å². The van der Waals surface area contributed by atoms with Crippen LogP contribution in [0.5, 0.6) is 0 Å². The van der Waals surface area contributed by atoms with Gasteiger partial charge in [-0.3, -0.25) is 9.59 Å². The summed E-state index contributed by atoms with van der Waals surface area (Å²) in [5.41, 5.74) is 2.80. The fourth-order valence-corrected chi connectivity index (χ4v) is 3.07. The molecule has 2 aromatic rings. The van der Waals surface area contributed by atoms with Crippen molar-refractivity contribution >= 4 is 29.3 Å². The second-order valence-electron chi connectivity index (χ2n) is 5.11. The molecule has 2 N–H and O–H groups in total. The molecule has 1 aliphatic rings. The van der Waals surface area contributed by atoms with E-state index in [4.69, 9.17) is 0 Å². The van der Waals surface area contributed by atoms with E-state index in [1.165, 1.54) is 11.8 Å². The molecule has 0 aromatic heterocycles. The third kappa shape index (κ3) is 3.68. The third-order valence-corrected chi connectivity index (χ3v) is 4.45. The van der Waals surface area contributed by atoms with E-state index in [1.54, 1.807) is 0 Å². The van der Waals surface area contributed by atoms with Crippen molar-refractivity contribution in [2.75, 3.05) is 11.1 Å². The quantitative estimate of drug-likeness (QED) is 0.912. The van der Waals surface area contributed by atoms with Crippen molar-refractivity contribution in [1.29, 1.82) is 0 Å². The van der Waals surface area contributed by atoms with Gasteiger partial charge in [0.15, 0.2) is 0 Å². The van der Waals surface area contributed by atoms with Gasteiger partial charge in [-0.05, 0) is 23.3 Å². The van der Waals surface area contributed by atoms with E-state index >= 15 is 0 Å². The van der Waals surface area contributed by atoms with Crippen LogP contribution in [0.1, 0.15) is 11.1 Å². The molecular formula is C17H16N2O2S. The first kappa shape index (κ1) is 14.7. The van der Waals surface area contributed by atoms with E-state index in [-0.39, 0.29) is 11.8 Å². The number of hydrogen-bond acceptors (Lipinski definition) is 3. The molecule has 5 heteroatoms. The number of carbonyl (C=O) groups excluding carboxylic acids is 2. The molecule has 1 aliphatic heterocycles. The summed E-state index contributed by atoms with van der Waals surface area (Å²) in [6, 6.07) is 15.5. The van der Waals surface area contributed by atoms with Crippen LogP contribution in [-0.4, -0.2) is 17.6 Å². The normalized spacial score (nSPS) is 13.2. The predicted molar refractivity (Wildman–Crippen MR) is 87.8 cm³/mol. The summed E-state index contributed by atoms with van der Waals surface area (Å²) in [5, 5.41) is 5.76. The van der Waals surface area contributed by atoms with Gasteiger partial charge in [0.25, 0.3) is 0 Å². The van der Waals surface area contributed by atoms with E-state index in [0.717, 1.165) is 21.7 Å². The summed E-state index contributed by atoms with van der Waals surface area (Å²) in [6.45, 7) is 0.458. The Kier molecular flexibility index (Phi) is 4.44. The molecule has 2 amide bonds. The SMILES string of the molecule is O=C(Cc1ccccc1)NCc1ccc2c(c1)NC(=O)CS2. The molecule has 22 heavy (non-hydrogen) atoms. The Labute approximate surface area is 133 Å². The van der Waals surface area contributed by atoms with E-state index in [2.05, 4.69) is 10.6 Å². The van der Waals surface area contributed by atoms with Crippen LogP contribution >= 0.6 is 11.8 Å². The smallest absolute Gasteiger partial charge is 0.234 e. The number of benzene rings is 2. The molecule has 0 bridgehead atoms. The van der Waals surface area contributed by atoms with Crippen LogP contribution in [-0.2, 0) is 22.6 Å². The van der Waals surface area contributed by atoms with Crippen molar-refractivity contribution in [3.63, 3.8) is 0 Å². The van der Waals surface area contributed by atoms with Gasteiger partial charge < -0.3 is 10.6 Å². The monoisotopic (exact) mass is 312 g/mol. The number of thioether (sulfide) groups is 1. The minimum absolute atomic E-state index is 0.0117. The lowest BCUT2D eigenvalue weighted by Crippen LogP contribution is -2.25. The zero-order valence-electron chi connectivity index (χ0n) is 12.0. The lowest BCUT2D eigenvalue weighted by Gasteiger charge is -2.17. The van der Waals surface area contributed by atoms with Gasteiger partial charge in [0.2, 0.25) is 11.8 Å². The molecule has 0 saturated heterocycles. The van der Waals surface area contributed by atoms with Crippen molar-refractivity contribution in [1.82, 2.24) is 5.32 Å². The molecule has 0 unspecified atom stereocenters. The Hall–Kier alpha value is -2.27. The molecule has 0 fully saturated rings. The fourth-order valence-electron chi connectivity index (χ4n) is 2.28. The lowest BCUT2D eigenvalue weighted by molar-refractivity contribution is -0.120. The van der Waals surface area contributed by atoms with E-state index in [9.17, 15) is 9.59 Å². The topological polar surface area (TPSA) is 58.2 Å². The second-order valence-corrected chi connectivity index (χ2v) is 6.12. The summed E-state index contributed by atoms with van der Waals surface area (Å²) in [5.74, 6) is 0.463. The first-order valence-corrected chi connectivity index (χ1v) is 8.05. The maximum absolute atomic E-state index is 11.9. The fraction of sp³-hybridized carbons (Fsp3) is 0.176. The summed E-state index contributed by atoms with van der Waals surface area (Å²) >= 11 is 1.53. The summed E-state index contributed by atoms with van der Waals surface area (Å²) in [7, 11) is 0.